The number of fused-ring (bicyclic) bond motifs is 1. The Morgan fingerprint density at radius 1 is 1.36 bits per heavy atom. The number of carboxylic acid groups (broad SMARTS) is 1. The van der Waals surface area contributed by atoms with Gasteiger partial charge in [0.2, 0.25) is 5.89 Å². The van der Waals surface area contributed by atoms with Crippen LogP contribution in [0, 0.1) is 0 Å². The van der Waals surface area contributed by atoms with Gasteiger partial charge in [-0.05, 0) is 45.1 Å². The molecule has 0 fully saturated rings. The summed E-state index contributed by atoms with van der Waals surface area (Å²) in [4.78, 5) is 27.3. The van der Waals surface area contributed by atoms with Crippen molar-refractivity contribution in [3.05, 3.63) is 30.2 Å². The maximum absolute atomic E-state index is 11.7. The Morgan fingerprint density at radius 2 is 2.08 bits per heavy atom. The lowest BCUT2D eigenvalue weighted by molar-refractivity contribution is -0.139. The number of amides is 1. The molecule has 136 valence electrons. The van der Waals surface area contributed by atoms with Gasteiger partial charge in [0.25, 0.3) is 0 Å². The number of nitrogens with one attached hydrogen (secondary N) is 1. The lowest BCUT2D eigenvalue weighted by Crippen LogP contribution is -2.43. The number of aromatic nitrogens is 1. The lowest BCUT2D eigenvalue weighted by atomic mass is 10.2. The van der Waals surface area contributed by atoms with Gasteiger partial charge < -0.3 is 19.6 Å². The van der Waals surface area contributed by atoms with Crippen LogP contribution in [0.3, 0.4) is 0 Å². The Labute approximate surface area is 150 Å². The number of thioether (sulfide) groups is 1. The zero-order chi connectivity index (χ0) is 18.4. The minimum Gasteiger partial charge on any atom is -0.480 e. The van der Waals surface area contributed by atoms with Crippen molar-refractivity contribution in [1.29, 1.82) is 0 Å². The summed E-state index contributed by atoms with van der Waals surface area (Å²) in [7, 11) is 0. The van der Waals surface area contributed by atoms with Gasteiger partial charge >= 0.3 is 12.1 Å². The summed E-state index contributed by atoms with van der Waals surface area (Å²) in [5.41, 5.74) is 0.857. The first-order valence-corrected chi connectivity index (χ1v) is 9.04. The maximum atomic E-state index is 11.7. The SMILES string of the molecule is CC(C)(C)OC(=O)NC(CCSCc1nc2ccccc2o1)C(=O)O. The molecule has 2 rings (SSSR count). The van der Waals surface area contributed by atoms with Gasteiger partial charge in [-0.2, -0.15) is 11.8 Å². The van der Waals surface area contributed by atoms with Crippen LogP contribution in [0.5, 0.6) is 0 Å². The quantitative estimate of drug-likeness (QED) is 0.724. The molecule has 2 N–H and O–H groups in total. The monoisotopic (exact) mass is 366 g/mol. The Balaban J connectivity index is 1.79. The smallest absolute Gasteiger partial charge is 0.408 e. The van der Waals surface area contributed by atoms with E-state index in [9.17, 15) is 14.7 Å². The number of benzene rings is 1. The molecule has 1 amide bonds. The molecule has 1 aromatic heterocycles. The maximum Gasteiger partial charge on any atom is 0.408 e. The highest BCUT2D eigenvalue weighted by Gasteiger charge is 2.23. The first-order chi connectivity index (χ1) is 11.7. The second-order valence-corrected chi connectivity index (χ2v) is 7.56. The second-order valence-electron chi connectivity index (χ2n) is 6.45. The molecule has 0 aliphatic heterocycles. The number of para-hydroxylation sites is 2. The van der Waals surface area contributed by atoms with Crippen LogP contribution in [-0.4, -0.2) is 39.5 Å². The molecule has 1 heterocycles. The van der Waals surface area contributed by atoms with Crippen molar-refractivity contribution >= 4 is 34.9 Å². The number of aliphatic carboxylic acids is 1. The van der Waals surface area contributed by atoms with E-state index in [4.69, 9.17) is 9.15 Å². The molecule has 0 radical (unpaired) electrons. The zero-order valence-corrected chi connectivity index (χ0v) is 15.3. The summed E-state index contributed by atoms with van der Waals surface area (Å²) >= 11 is 1.50. The molecule has 1 atom stereocenters. The summed E-state index contributed by atoms with van der Waals surface area (Å²) in [6, 6.07) is 6.50. The van der Waals surface area contributed by atoms with Crippen LogP contribution in [0.25, 0.3) is 11.1 Å². The van der Waals surface area contributed by atoms with E-state index in [1.807, 2.05) is 24.3 Å². The van der Waals surface area contributed by atoms with Gasteiger partial charge in [0, 0.05) is 0 Å². The van der Waals surface area contributed by atoms with Crippen LogP contribution in [0.1, 0.15) is 33.1 Å². The second kappa shape index (κ2) is 8.24. The molecule has 2 aromatic rings. The van der Waals surface area contributed by atoms with Gasteiger partial charge in [-0.25, -0.2) is 14.6 Å². The van der Waals surface area contributed by atoms with Gasteiger partial charge in [0.1, 0.15) is 17.2 Å². The van der Waals surface area contributed by atoms with Gasteiger partial charge in [-0.1, -0.05) is 12.1 Å². The number of hydrogen-bond donors (Lipinski definition) is 2. The molecule has 1 unspecified atom stereocenters. The number of carboxylic acids is 1. The highest BCUT2D eigenvalue weighted by Crippen LogP contribution is 2.19. The third-order valence-corrected chi connectivity index (χ3v) is 4.08. The molecule has 0 saturated heterocycles. The van der Waals surface area contributed by atoms with E-state index in [-0.39, 0.29) is 6.42 Å². The van der Waals surface area contributed by atoms with Crippen molar-refractivity contribution in [2.24, 2.45) is 0 Å². The average molecular weight is 366 g/mol. The summed E-state index contributed by atoms with van der Waals surface area (Å²) in [6.07, 6.45) is -0.455. The number of nitrogens with zero attached hydrogens (tertiary/aromatic N) is 1. The molecular formula is C17H22N2O5S. The number of oxazole rings is 1. The van der Waals surface area contributed by atoms with Crippen molar-refractivity contribution in [2.45, 2.75) is 44.6 Å². The van der Waals surface area contributed by atoms with Crippen molar-refractivity contribution < 1.29 is 23.8 Å². The number of hydrogen-bond acceptors (Lipinski definition) is 6. The van der Waals surface area contributed by atoms with Crippen LogP contribution in [0.2, 0.25) is 0 Å². The number of ether oxygens (including phenoxy) is 1. The molecule has 8 heteroatoms. The number of alkyl carbamates (subject to hydrolysis) is 1. The molecule has 25 heavy (non-hydrogen) atoms. The highest BCUT2D eigenvalue weighted by molar-refractivity contribution is 7.98. The minimum atomic E-state index is -1.09. The molecule has 0 spiro atoms. The Hall–Kier alpha value is -2.22. The molecule has 0 saturated carbocycles. The summed E-state index contributed by atoms with van der Waals surface area (Å²) in [5.74, 6) is 0.574. The van der Waals surface area contributed by atoms with Crippen LogP contribution in [0.15, 0.2) is 28.7 Å². The molecule has 7 nitrogen and oxygen atoms in total. The van der Waals surface area contributed by atoms with Crippen LogP contribution in [-0.2, 0) is 15.3 Å². The molecule has 0 aliphatic carbocycles. The fraction of sp³-hybridized carbons (Fsp3) is 0.471. The average Bonchev–Trinajstić information content (AvgIpc) is 2.91. The lowest BCUT2D eigenvalue weighted by Gasteiger charge is -2.21. The van der Waals surface area contributed by atoms with E-state index >= 15 is 0 Å². The summed E-state index contributed by atoms with van der Waals surface area (Å²) in [5, 5.41) is 11.6. The fourth-order valence-corrected chi connectivity index (χ4v) is 2.89. The standard InChI is InChI=1S/C17H22N2O5S/c1-17(2,3)24-16(22)19-12(15(20)21)8-9-25-10-14-18-11-6-4-5-7-13(11)23-14/h4-7,12H,8-10H2,1-3H3,(H,19,22)(H,20,21). The van der Waals surface area contributed by atoms with E-state index in [0.717, 1.165) is 11.1 Å². The largest absolute Gasteiger partial charge is 0.480 e. The van der Waals surface area contributed by atoms with Gasteiger partial charge in [-0.3, -0.25) is 0 Å². The van der Waals surface area contributed by atoms with Crippen molar-refractivity contribution in [2.75, 3.05) is 5.75 Å². The predicted octanol–water partition coefficient (Wildman–Crippen LogP) is 3.43. The fourth-order valence-electron chi connectivity index (χ4n) is 2.05. The molecular weight excluding hydrogens is 344 g/mol. The minimum absolute atomic E-state index is 0.277. The third-order valence-electron chi connectivity index (χ3n) is 3.10. The van der Waals surface area contributed by atoms with Crippen LogP contribution in [0.4, 0.5) is 4.79 Å². The van der Waals surface area contributed by atoms with Gasteiger partial charge in [0.05, 0.1) is 5.75 Å². The van der Waals surface area contributed by atoms with E-state index in [0.29, 0.717) is 17.4 Å². The van der Waals surface area contributed by atoms with E-state index in [1.165, 1.54) is 11.8 Å². The molecule has 1 aromatic carbocycles. The van der Waals surface area contributed by atoms with Gasteiger partial charge in [0.15, 0.2) is 5.58 Å². The highest BCUT2D eigenvalue weighted by atomic mass is 32.2. The Kier molecular flexibility index (Phi) is 6.30. The summed E-state index contributed by atoms with van der Waals surface area (Å²) < 4.78 is 10.7. The topological polar surface area (TPSA) is 102 Å². The van der Waals surface area contributed by atoms with E-state index < -0.39 is 23.7 Å². The van der Waals surface area contributed by atoms with Crippen molar-refractivity contribution in [1.82, 2.24) is 10.3 Å². The summed E-state index contributed by atoms with van der Waals surface area (Å²) in [6.45, 7) is 5.16. The Bertz CT molecular complexity index is 705. The van der Waals surface area contributed by atoms with Gasteiger partial charge in [-0.15, -0.1) is 0 Å². The van der Waals surface area contributed by atoms with Crippen LogP contribution < -0.4 is 5.32 Å². The number of rotatable bonds is 7. The third kappa shape index (κ3) is 6.30. The molecule has 0 aliphatic rings. The Morgan fingerprint density at radius 3 is 2.72 bits per heavy atom. The normalized spacial score (nSPS) is 12.8. The predicted molar refractivity (Wildman–Crippen MR) is 95.6 cm³/mol. The zero-order valence-electron chi connectivity index (χ0n) is 14.4. The number of carbonyl (C=O) groups excluding carboxylic acids is 1. The molecule has 0 bridgehead atoms. The van der Waals surface area contributed by atoms with Crippen LogP contribution >= 0.6 is 11.8 Å². The first-order valence-electron chi connectivity index (χ1n) is 7.89. The number of carbonyl (C=O) groups is 2. The van der Waals surface area contributed by atoms with Crippen molar-refractivity contribution in [3.8, 4) is 0 Å². The van der Waals surface area contributed by atoms with Crippen molar-refractivity contribution in [3.63, 3.8) is 0 Å². The van der Waals surface area contributed by atoms with E-state index in [1.54, 1.807) is 20.8 Å². The van der Waals surface area contributed by atoms with E-state index in [2.05, 4.69) is 10.3 Å². The first kappa shape index (κ1) is 19.1.